The summed E-state index contributed by atoms with van der Waals surface area (Å²) in [6.07, 6.45) is 0. The van der Waals surface area contributed by atoms with E-state index in [-0.39, 0.29) is 21.1 Å². The van der Waals surface area contributed by atoms with Crippen LogP contribution in [0.1, 0.15) is 0 Å². The molecule has 1 aromatic heterocycles. The van der Waals surface area contributed by atoms with Crippen LogP contribution in [0, 0.1) is 12.1 Å². The van der Waals surface area contributed by atoms with Gasteiger partial charge in [-0.15, -0.1) is 79.7 Å². The van der Waals surface area contributed by atoms with Gasteiger partial charge < -0.3 is 4.98 Å². The molecule has 0 atom stereocenters. The first-order valence-electron chi connectivity index (χ1n) is 7.19. The van der Waals surface area contributed by atoms with Crippen molar-refractivity contribution in [2.75, 3.05) is 20.0 Å². The Morgan fingerprint density at radius 2 is 1.13 bits per heavy atom. The Labute approximate surface area is 155 Å². The summed E-state index contributed by atoms with van der Waals surface area (Å²) < 4.78 is 0. The topological polar surface area (TPSA) is 12.9 Å². The summed E-state index contributed by atoms with van der Waals surface area (Å²) in [4.78, 5) is 4.65. The number of pyridine rings is 1. The quantitative estimate of drug-likeness (QED) is 0.341. The molecule has 1 heterocycles. The third-order valence-electron chi connectivity index (χ3n) is 2.72. The van der Waals surface area contributed by atoms with Crippen LogP contribution in [-0.2, 0) is 21.1 Å². The monoisotopic (exact) mass is 500 g/mol. The zero-order valence-corrected chi connectivity index (χ0v) is 16.7. The summed E-state index contributed by atoms with van der Waals surface area (Å²) in [5, 5.41) is 0. The van der Waals surface area contributed by atoms with Crippen LogP contribution in [0.15, 0.2) is 66.7 Å². The van der Waals surface area contributed by atoms with Crippen molar-refractivity contribution in [3.05, 3.63) is 78.9 Å². The standard InChI is InChI=1S/C17H11N.C3H9P.Pt/c1-3-8-14(9-4-1)16-12-7-13-17(18-16)15-10-5-2-6-11-15;1-4(2)3;/h1-8,10,12-13H;1-3H3;/q-2;;+2. The molecule has 0 N–H and O–H groups in total. The van der Waals surface area contributed by atoms with E-state index in [1.807, 2.05) is 66.7 Å². The van der Waals surface area contributed by atoms with E-state index in [4.69, 9.17) is 0 Å². The van der Waals surface area contributed by atoms with Crippen LogP contribution in [0.5, 0.6) is 0 Å². The van der Waals surface area contributed by atoms with Crippen LogP contribution in [0.4, 0.5) is 0 Å². The summed E-state index contributed by atoms with van der Waals surface area (Å²) in [5.41, 5.74) is 3.89. The molecule has 0 aliphatic carbocycles. The predicted octanol–water partition coefficient (Wildman–Crippen LogP) is 5.37. The Hall–Kier alpha value is -1.29. The third-order valence-corrected chi connectivity index (χ3v) is 2.72. The molecule has 0 aliphatic rings. The van der Waals surface area contributed by atoms with E-state index >= 15 is 0 Å². The van der Waals surface area contributed by atoms with Gasteiger partial charge in [-0.3, -0.25) is 0 Å². The first kappa shape index (κ1) is 19.8. The number of aromatic nitrogens is 1. The first-order chi connectivity index (χ1) is 10.7. The van der Waals surface area contributed by atoms with Crippen molar-refractivity contribution in [2.24, 2.45) is 0 Å². The van der Waals surface area contributed by atoms with Gasteiger partial charge in [0.1, 0.15) is 0 Å². The van der Waals surface area contributed by atoms with Crippen molar-refractivity contribution in [3.8, 4) is 22.5 Å². The predicted molar refractivity (Wildman–Crippen MR) is 97.5 cm³/mol. The van der Waals surface area contributed by atoms with Gasteiger partial charge in [0, 0.05) is 0 Å². The number of hydrogen-bond acceptors (Lipinski definition) is 1. The van der Waals surface area contributed by atoms with Crippen LogP contribution in [0.25, 0.3) is 22.5 Å². The first-order valence-corrected chi connectivity index (χ1v) is 9.87. The van der Waals surface area contributed by atoms with Crippen LogP contribution in [0.3, 0.4) is 0 Å². The van der Waals surface area contributed by atoms with Crippen LogP contribution in [-0.4, -0.2) is 25.0 Å². The fraction of sp³-hybridized carbons (Fsp3) is 0.150. The summed E-state index contributed by atoms with van der Waals surface area (Å²) in [5.74, 6) is 0. The molecular formula is C20H20NPPt. The molecule has 0 bridgehead atoms. The average molecular weight is 500 g/mol. The molecule has 0 saturated carbocycles. The Balaban J connectivity index is 0.000000478. The van der Waals surface area contributed by atoms with Gasteiger partial charge in [-0.25, -0.2) is 0 Å². The average Bonchev–Trinajstić information content (AvgIpc) is 2.56. The fourth-order valence-corrected chi connectivity index (χ4v) is 1.84. The molecule has 120 valence electrons. The smallest absolute Gasteiger partial charge is 0.345 e. The molecule has 3 rings (SSSR count). The van der Waals surface area contributed by atoms with Crippen molar-refractivity contribution in [1.29, 1.82) is 0 Å². The van der Waals surface area contributed by atoms with Crippen molar-refractivity contribution in [2.45, 2.75) is 0 Å². The number of nitrogens with zero attached hydrogens (tertiary/aromatic N) is 1. The van der Waals surface area contributed by atoms with Gasteiger partial charge in [0.2, 0.25) is 0 Å². The molecule has 0 aliphatic heterocycles. The molecular weight excluding hydrogens is 480 g/mol. The Kier molecular flexibility index (Phi) is 9.00. The van der Waals surface area contributed by atoms with Crippen LogP contribution >= 0.6 is 7.92 Å². The summed E-state index contributed by atoms with van der Waals surface area (Å²) in [6.45, 7) is 6.69. The molecule has 1 nitrogen and oxygen atoms in total. The second kappa shape index (κ2) is 10.5. The largest absolute Gasteiger partial charge is 2.00 e. The molecule has 0 saturated heterocycles. The maximum atomic E-state index is 4.65. The Morgan fingerprint density at radius 3 is 1.48 bits per heavy atom. The minimum atomic E-state index is 0. The van der Waals surface area contributed by atoms with Gasteiger partial charge in [0.25, 0.3) is 0 Å². The van der Waals surface area contributed by atoms with Crippen molar-refractivity contribution < 1.29 is 21.1 Å². The van der Waals surface area contributed by atoms with Crippen molar-refractivity contribution >= 4 is 7.92 Å². The maximum Gasteiger partial charge on any atom is 2.00 e. The van der Waals surface area contributed by atoms with Crippen LogP contribution in [0.2, 0.25) is 0 Å². The summed E-state index contributed by atoms with van der Waals surface area (Å²) >= 11 is 0. The van der Waals surface area contributed by atoms with Crippen molar-refractivity contribution in [3.63, 3.8) is 0 Å². The maximum absolute atomic E-state index is 4.65. The van der Waals surface area contributed by atoms with Gasteiger partial charge in [0.15, 0.2) is 0 Å². The van der Waals surface area contributed by atoms with Crippen LogP contribution < -0.4 is 0 Å². The SMILES string of the molecule is CP(C)C.[Pt+2].[c-]1ccccc1-c1cccc(-c2[c-]cccc2)n1. The Morgan fingerprint density at radius 1 is 0.696 bits per heavy atom. The summed E-state index contributed by atoms with van der Waals surface area (Å²) in [7, 11) is 0.380. The molecule has 0 unspecified atom stereocenters. The van der Waals surface area contributed by atoms with Gasteiger partial charge in [-0.1, -0.05) is 18.2 Å². The normalized spacial score (nSPS) is 9.57. The molecule has 0 fully saturated rings. The molecule has 0 spiro atoms. The molecule has 3 heteroatoms. The third kappa shape index (κ3) is 6.77. The number of rotatable bonds is 2. The molecule has 3 aromatic rings. The van der Waals surface area contributed by atoms with E-state index < -0.39 is 0 Å². The van der Waals surface area contributed by atoms with Gasteiger partial charge >= 0.3 is 21.1 Å². The van der Waals surface area contributed by atoms with E-state index in [2.05, 4.69) is 37.1 Å². The van der Waals surface area contributed by atoms with E-state index in [1.54, 1.807) is 0 Å². The van der Waals surface area contributed by atoms with Gasteiger partial charge in [-0.05, 0) is 31.4 Å². The molecule has 0 radical (unpaired) electrons. The fourth-order valence-electron chi connectivity index (χ4n) is 1.84. The van der Waals surface area contributed by atoms with E-state index in [0.717, 1.165) is 22.5 Å². The second-order valence-corrected chi connectivity index (χ2v) is 7.99. The van der Waals surface area contributed by atoms with E-state index in [9.17, 15) is 0 Å². The molecule has 2 aromatic carbocycles. The zero-order valence-electron chi connectivity index (χ0n) is 13.6. The van der Waals surface area contributed by atoms with Gasteiger partial charge in [-0.2, -0.15) is 0 Å². The van der Waals surface area contributed by atoms with Crippen molar-refractivity contribution in [1.82, 2.24) is 4.98 Å². The minimum Gasteiger partial charge on any atom is -0.345 e. The number of hydrogen-bond donors (Lipinski definition) is 0. The zero-order chi connectivity index (χ0) is 15.8. The van der Waals surface area contributed by atoms with E-state index in [0.29, 0.717) is 7.92 Å². The Bertz CT molecular complexity index is 627. The molecule has 23 heavy (non-hydrogen) atoms. The molecule has 0 amide bonds. The second-order valence-electron chi connectivity index (χ2n) is 5.30. The van der Waals surface area contributed by atoms with Gasteiger partial charge in [0.05, 0.1) is 0 Å². The van der Waals surface area contributed by atoms with E-state index in [1.165, 1.54) is 0 Å². The number of benzene rings is 2. The summed E-state index contributed by atoms with van der Waals surface area (Å²) in [6, 6.07) is 28.1. The minimum absolute atomic E-state index is 0.